The van der Waals surface area contributed by atoms with E-state index < -0.39 is 0 Å². The first-order valence-corrected chi connectivity index (χ1v) is 6.78. The molecule has 19 heavy (non-hydrogen) atoms. The first-order chi connectivity index (χ1) is 9.11. The summed E-state index contributed by atoms with van der Waals surface area (Å²) < 4.78 is 5.74. The lowest BCUT2D eigenvalue weighted by Crippen LogP contribution is -2.24. The van der Waals surface area contributed by atoms with E-state index >= 15 is 0 Å². The molecule has 0 aromatic heterocycles. The van der Waals surface area contributed by atoms with Gasteiger partial charge in [0.15, 0.2) is 0 Å². The van der Waals surface area contributed by atoms with E-state index in [4.69, 9.17) is 4.74 Å². The maximum Gasteiger partial charge on any atom is 0.307 e. The van der Waals surface area contributed by atoms with Gasteiger partial charge in [0.2, 0.25) is 5.91 Å². The summed E-state index contributed by atoms with van der Waals surface area (Å²) >= 11 is 3.34. The first kappa shape index (κ1) is 15.4. The lowest BCUT2D eigenvalue weighted by Gasteiger charge is -2.02. The minimum atomic E-state index is -0.306. The van der Waals surface area contributed by atoms with Crippen molar-refractivity contribution in [1.82, 2.24) is 5.32 Å². The van der Waals surface area contributed by atoms with Crippen LogP contribution in [0.3, 0.4) is 0 Å². The zero-order valence-electron chi connectivity index (χ0n) is 10.7. The number of esters is 1. The fraction of sp³-hybridized carbons (Fsp3) is 0.286. The molecule has 0 unspecified atom stereocenters. The molecule has 0 fully saturated rings. The van der Waals surface area contributed by atoms with Gasteiger partial charge in [0.1, 0.15) is 0 Å². The fourth-order valence-corrected chi connectivity index (χ4v) is 1.59. The average Bonchev–Trinajstić information content (AvgIpc) is 2.38. The van der Waals surface area contributed by atoms with Crippen LogP contribution in [0.4, 0.5) is 0 Å². The smallest absolute Gasteiger partial charge is 0.307 e. The monoisotopic (exact) mass is 325 g/mol. The zero-order valence-corrected chi connectivity index (χ0v) is 12.3. The molecule has 4 nitrogen and oxygen atoms in total. The van der Waals surface area contributed by atoms with Crippen LogP contribution in [0, 0.1) is 0 Å². The Hall–Kier alpha value is -1.62. The van der Waals surface area contributed by atoms with Gasteiger partial charge in [0, 0.05) is 17.1 Å². The van der Waals surface area contributed by atoms with Crippen LogP contribution in [0.1, 0.15) is 18.9 Å². The third-order valence-electron chi connectivity index (χ3n) is 2.23. The molecule has 1 aromatic carbocycles. The fourth-order valence-electron chi connectivity index (χ4n) is 1.33. The normalized spacial score (nSPS) is 10.4. The molecular weight excluding hydrogens is 310 g/mol. The van der Waals surface area contributed by atoms with Gasteiger partial charge >= 0.3 is 5.97 Å². The van der Waals surface area contributed by atoms with Gasteiger partial charge in [-0.15, -0.1) is 0 Å². The molecule has 0 bridgehead atoms. The van der Waals surface area contributed by atoms with E-state index in [1.54, 1.807) is 13.0 Å². The van der Waals surface area contributed by atoms with Gasteiger partial charge < -0.3 is 10.1 Å². The van der Waals surface area contributed by atoms with Crippen molar-refractivity contribution >= 4 is 33.9 Å². The maximum atomic E-state index is 11.5. The Balaban J connectivity index is 2.31. The summed E-state index contributed by atoms with van der Waals surface area (Å²) in [5.74, 6) is -0.535. The molecule has 1 amide bonds. The quantitative estimate of drug-likeness (QED) is 0.646. The van der Waals surface area contributed by atoms with Crippen molar-refractivity contribution in [3.8, 4) is 0 Å². The Kier molecular flexibility index (Phi) is 6.89. The zero-order chi connectivity index (χ0) is 14.1. The molecule has 0 atom stereocenters. The lowest BCUT2D eigenvalue weighted by atomic mass is 10.2. The summed E-state index contributed by atoms with van der Waals surface area (Å²) in [6, 6.07) is 7.59. The number of hydrogen-bond donors (Lipinski definition) is 1. The highest BCUT2D eigenvalue weighted by Gasteiger charge is 2.01. The minimum absolute atomic E-state index is 0.186. The van der Waals surface area contributed by atoms with Gasteiger partial charge in [-0.05, 0) is 30.7 Å². The Morgan fingerprint density at radius 1 is 1.32 bits per heavy atom. The van der Waals surface area contributed by atoms with Crippen molar-refractivity contribution < 1.29 is 14.3 Å². The molecule has 1 N–H and O–H groups in total. The highest BCUT2D eigenvalue weighted by atomic mass is 79.9. The molecule has 0 spiro atoms. The number of nitrogens with one attached hydrogen (secondary N) is 1. The highest BCUT2D eigenvalue weighted by Crippen LogP contribution is 2.11. The SMILES string of the molecule is CCOC(=O)CCNC(=O)C=Cc1ccc(Br)cc1. The summed E-state index contributed by atoms with van der Waals surface area (Å²) in [4.78, 5) is 22.5. The molecule has 1 aromatic rings. The van der Waals surface area contributed by atoms with Crippen molar-refractivity contribution in [2.24, 2.45) is 0 Å². The van der Waals surface area contributed by atoms with E-state index in [9.17, 15) is 9.59 Å². The van der Waals surface area contributed by atoms with E-state index in [1.165, 1.54) is 6.08 Å². The maximum absolute atomic E-state index is 11.5. The summed E-state index contributed by atoms with van der Waals surface area (Å²) in [7, 11) is 0. The van der Waals surface area contributed by atoms with Crippen molar-refractivity contribution in [3.05, 3.63) is 40.4 Å². The van der Waals surface area contributed by atoms with Crippen LogP contribution in [-0.2, 0) is 14.3 Å². The predicted molar refractivity (Wildman–Crippen MR) is 77.4 cm³/mol. The molecule has 0 aliphatic rings. The van der Waals surface area contributed by atoms with Crippen molar-refractivity contribution in [3.63, 3.8) is 0 Å². The van der Waals surface area contributed by atoms with Gasteiger partial charge in [-0.3, -0.25) is 9.59 Å². The second kappa shape index (κ2) is 8.48. The number of halogens is 1. The lowest BCUT2D eigenvalue weighted by molar-refractivity contribution is -0.142. The summed E-state index contributed by atoms with van der Waals surface area (Å²) in [6.45, 7) is 2.38. The molecule has 0 radical (unpaired) electrons. The minimum Gasteiger partial charge on any atom is -0.466 e. The van der Waals surface area contributed by atoms with Crippen LogP contribution in [0.5, 0.6) is 0 Å². The Morgan fingerprint density at radius 2 is 2.00 bits per heavy atom. The van der Waals surface area contributed by atoms with Crippen molar-refractivity contribution in [2.45, 2.75) is 13.3 Å². The van der Waals surface area contributed by atoms with Gasteiger partial charge in [0.25, 0.3) is 0 Å². The van der Waals surface area contributed by atoms with Gasteiger partial charge in [0.05, 0.1) is 13.0 Å². The van der Waals surface area contributed by atoms with E-state index in [1.807, 2.05) is 24.3 Å². The van der Waals surface area contributed by atoms with Gasteiger partial charge in [-0.2, -0.15) is 0 Å². The number of rotatable bonds is 6. The molecule has 102 valence electrons. The molecular formula is C14H16BrNO3. The highest BCUT2D eigenvalue weighted by molar-refractivity contribution is 9.10. The summed E-state index contributed by atoms with van der Waals surface area (Å²) in [5.41, 5.74) is 0.934. The van der Waals surface area contributed by atoms with E-state index in [2.05, 4.69) is 21.2 Å². The molecule has 1 rings (SSSR count). The summed E-state index contributed by atoms with van der Waals surface area (Å²) in [5, 5.41) is 2.62. The topological polar surface area (TPSA) is 55.4 Å². The third kappa shape index (κ3) is 6.76. The third-order valence-corrected chi connectivity index (χ3v) is 2.76. The molecule has 0 heterocycles. The first-order valence-electron chi connectivity index (χ1n) is 5.99. The number of carbonyl (C=O) groups is 2. The number of amides is 1. The van der Waals surface area contributed by atoms with Crippen LogP contribution < -0.4 is 5.32 Å². The molecule has 0 aliphatic heterocycles. The Morgan fingerprint density at radius 3 is 2.63 bits per heavy atom. The molecule has 0 saturated heterocycles. The van der Waals surface area contributed by atoms with Gasteiger partial charge in [-0.1, -0.05) is 28.1 Å². The Labute approximate surface area is 121 Å². The largest absolute Gasteiger partial charge is 0.466 e. The van der Waals surface area contributed by atoms with Crippen LogP contribution in [0.2, 0.25) is 0 Å². The van der Waals surface area contributed by atoms with Gasteiger partial charge in [-0.25, -0.2) is 0 Å². The van der Waals surface area contributed by atoms with E-state index in [-0.39, 0.29) is 24.8 Å². The number of ether oxygens (including phenoxy) is 1. The molecule has 0 saturated carbocycles. The molecule has 0 aliphatic carbocycles. The van der Waals surface area contributed by atoms with E-state index in [0.29, 0.717) is 6.61 Å². The Bertz CT molecular complexity index is 454. The average molecular weight is 326 g/mol. The van der Waals surface area contributed by atoms with Crippen LogP contribution in [-0.4, -0.2) is 25.0 Å². The van der Waals surface area contributed by atoms with Crippen molar-refractivity contribution in [2.75, 3.05) is 13.2 Å². The number of benzene rings is 1. The number of carbonyl (C=O) groups excluding carboxylic acids is 2. The summed E-state index contributed by atoms with van der Waals surface area (Å²) in [6.07, 6.45) is 3.34. The second-order valence-corrected chi connectivity index (χ2v) is 4.65. The van der Waals surface area contributed by atoms with Crippen LogP contribution in [0.25, 0.3) is 6.08 Å². The standard InChI is InChI=1S/C14H16BrNO3/c1-2-19-14(18)9-10-16-13(17)8-5-11-3-6-12(15)7-4-11/h3-8H,2,9-10H2,1H3,(H,16,17). The second-order valence-electron chi connectivity index (χ2n) is 3.73. The molecule has 5 heteroatoms. The van der Waals surface area contributed by atoms with E-state index in [0.717, 1.165) is 10.0 Å². The van der Waals surface area contributed by atoms with Crippen LogP contribution in [0.15, 0.2) is 34.8 Å². The predicted octanol–water partition coefficient (Wildman–Crippen LogP) is 2.53. The number of hydrogen-bond acceptors (Lipinski definition) is 3. The van der Waals surface area contributed by atoms with Crippen molar-refractivity contribution in [1.29, 1.82) is 0 Å². The van der Waals surface area contributed by atoms with Crippen LogP contribution >= 0.6 is 15.9 Å².